The third-order valence-corrected chi connectivity index (χ3v) is 4.40. The third kappa shape index (κ3) is 10.3. The minimum absolute atomic E-state index is 0.252. The number of hydrogen-bond acceptors (Lipinski definition) is 4. The second-order valence-corrected chi connectivity index (χ2v) is 6.58. The van der Waals surface area contributed by atoms with Crippen molar-refractivity contribution < 1.29 is 16.8 Å². The van der Waals surface area contributed by atoms with Gasteiger partial charge < -0.3 is 0 Å². The van der Waals surface area contributed by atoms with Crippen molar-refractivity contribution in [3.8, 4) is 0 Å². The van der Waals surface area contributed by atoms with E-state index in [9.17, 15) is 8.42 Å². The summed E-state index contributed by atoms with van der Waals surface area (Å²) in [6.07, 6.45) is 13.8. The Bertz CT molecular complexity index is 277. The fourth-order valence-electron chi connectivity index (χ4n) is 2.33. The van der Waals surface area contributed by atoms with Crippen molar-refractivity contribution in [3.05, 3.63) is 0 Å². The first kappa shape index (κ1) is 16.9. The van der Waals surface area contributed by atoms with Crippen LogP contribution in [0.5, 0.6) is 0 Å². The van der Waals surface area contributed by atoms with Gasteiger partial charge in [-0.2, -0.15) is 8.42 Å². The van der Waals surface area contributed by atoms with Crippen LogP contribution in [-0.4, -0.2) is 21.6 Å². The average molecular weight is 292 g/mol. The predicted octanol–water partition coefficient (Wildman–Crippen LogP) is 3.96. The molecule has 1 aliphatic heterocycles. The van der Waals surface area contributed by atoms with E-state index in [0.717, 1.165) is 25.7 Å². The highest BCUT2D eigenvalue weighted by Crippen LogP contribution is 2.13. The monoisotopic (exact) mass is 292 g/mol. The first-order valence-electron chi connectivity index (χ1n) is 7.74. The molecule has 0 aromatic heterocycles. The van der Waals surface area contributed by atoms with Crippen molar-refractivity contribution in [1.29, 1.82) is 0 Å². The molecule has 0 aromatic carbocycles. The van der Waals surface area contributed by atoms with Crippen LogP contribution in [0, 0.1) is 0 Å². The van der Waals surface area contributed by atoms with Gasteiger partial charge in [-0.05, 0) is 12.8 Å². The van der Waals surface area contributed by atoms with Gasteiger partial charge in [0.25, 0.3) is 0 Å². The van der Waals surface area contributed by atoms with Crippen LogP contribution in [0.25, 0.3) is 0 Å². The second-order valence-electron chi connectivity index (χ2n) is 5.29. The Labute approximate surface area is 118 Å². The van der Waals surface area contributed by atoms with Gasteiger partial charge in [0.2, 0.25) is 0 Å². The van der Waals surface area contributed by atoms with Gasteiger partial charge in [-0.3, -0.25) is 0 Å². The molecule has 1 fully saturated rings. The van der Waals surface area contributed by atoms with E-state index >= 15 is 0 Å². The molecule has 19 heavy (non-hydrogen) atoms. The van der Waals surface area contributed by atoms with E-state index < -0.39 is 10.4 Å². The molecule has 0 saturated carbocycles. The molecule has 1 saturated heterocycles. The Morgan fingerprint density at radius 1 is 0.474 bits per heavy atom. The van der Waals surface area contributed by atoms with Crippen LogP contribution in [0.2, 0.25) is 0 Å². The Morgan fingerprint density at radius 3 is 1.05 bits per heavy atom. The minimum Gasteiger partial charge on any atom is -0.248 e. The highest BCUT2D eigenvalue weighted by atomic mass is 32.3. The number of hydrogen-bond donors (Lipinski definition) is 0. The van der Waals surface area contributed by atoms with Gasteiger partial charge >= 0.3 is 10.4 Å². The van der Waals surface area contributed by atoms with Crippen molar-refractivity contribution >= 4 is 10.4 Å². The smallest absolute Gasteiger partial charge is 0.248 e. The van der Waals surface area contributed by atoms with E-state index in [-0.39, 0.29) is 13.2 Å². The molecule has 114 valence electrons. The third-order valence-electron chi connectivity index (χ3n) is 3.49. The Morgan fingerprint density at radius 2 is 0.737 bits per heavy atom. The molecule has 1 aliphatic rings. The van der Waals surface area contributed by atoms with Crippen LogP contribution in [0.1, 0.15) is 77.0 Å². The van der Waals surface area contributed by atoms with Gasteiger partial charge in [-0.25, -0.2) is 8.37 Å². The summed E-state index contributed by atoms with van der Waals surface area (Å²) >= 11 is 0. The summed E-state index contributed by atoms with van der Waals surface area (Å²) in [7, 11) is -3.75. The fraction of sp³-hybridized carbons (Fsp3) is 1.00. The summed E-state index contributed by atoms with van der Waals surface area (Å²) in [5, 5.41) is 0. The van der Waals surface area contributed by atoms with E-state index in [1.807, 2.05) is 0 Å². The van der Waals surface area contributed by atoms with E-state index in [2.05, 4.69) is 0 Å². The molecular formula is C14H28O4S. The maximum atomic E-state index is 11.4. The molecule has 0 aromatic rings. The Hall–Kier alpha value is -0.130. The van der Waals surface area contributed by atoms with E-state index in [4.69, 9.17) is 8.37 Å². The SMILES string of the molecule is O=S1(=O)OCCCCCCCCCCCCCCO1. The normalized spacial score (nSPS) is 25.5. The summed E-state index contributed by atoms with van der Waals surface area (Å²) in [5.41, 5.74) is 0. The molecule has 1 heterocycles. The Kier molecular flexibility index (Phi) is 9.47. The molecule has 0 bridgehead atoms. The Balaban J connectivity index is 2.24. The van der Waals surface area contributed by atoms with Gasteiger partial charge in [-0.15, -0.1) is 0 Å². The lowest BCUT2D eigenvalue weighted by Gasteiger charge is -2.05. The molecule has 0 spiro atoms. The molecule has 0 amide bonds. The van der Waals surface area contributed by atoms with Crippen LogP contribution in [-0.2, 0) is 18.8 Å². The fourth-order valence-corrected chi connectivity index (χ4v) is 3.04. The predicted molar refractivity (Wildman–Crippen MR) is 76.2 cm³/mol. The van der Waals surface area contributed by atoms with Crippen LogP contribution in [0.15, 0.2) is 0 Å². The van der Waals surface area contributed by atoms with Gasteiger partial charge in [0, 0.05) is 0 Å². The summed E-state index contributed by atoms with van der Waals surface area (Å²) in [4.78, 5) is 0. The maximum absolute atomic E-state index is 11.4. The van der Waals surface area contributed by atoms with Crippen LogP contribution in [0.4, 0.5) is 0 Å². The zero-order valence-corrected chi connectivity index (χ0v) is 12.8. The lowest BCUT2D eigenvalue weighted by atomic mass is 10.1. The molecule has 4 nitrogen and oxygen atoms in total. The summed E-state index contributed by atoms with van der Waals surface area (Å²) in [6, 6.07) is 0. The first-order valence-corrected chi connectivity index (χ1v) is 9.08. The molecule has 0 unspecified atom stereocenters. The van der Waals surface area contributed by atoms with Crippen molar-refractivity contribution in [1.82, 2.24) is 0 Å². The van der Waals surface area contributed by atoms with Gasteiger partial charge in [0.1, 0.15) is 0 Å². The summed E-state index contributed by atoms with van der Waals surface area (Å²) < 4.78 is 32.4. The quantitative estimate of drug-likeness (QED) is 0.678. The maximum Gasteiger partial charge on any atom is 0.399 e. The second kappa shape index (κ2) is 10.6. The highest BCUT2D eigenvalue weighted by Gasteiger charge is 2.11. The molecule has 5 heteroatoms. The van der Waals surface area contributed by atoms with Crippen LogP contribution < -0.4 is 0 Å². The largest absolute Gasteiger partial charge is 0.399 e. The number of rotatable bonds is 0. The average Bonchev–Trinajstić information content (AvgIpc) is 2.37. The lowest BCUT2D eigenvalue weighted by molar-refractivity contribution is 0.208. The van der Waals surface area contributed by atoms with Crippen molar-refractivity contribution in [2.45, 2.75) is 77.0 Å². The highest BCUT2D eigenvalue weighted by molar-refractivity contribution is 7.81. The summed E-state index contributed by atoms with van der Waals surface area (Å²) in [6.45, 7) is 0.505. The zero-order valence-electron chi connectivity index (χ0n) is 11.9. The van der Waals surface area contributed by atoms with Crippen molar-refractivity contribution in [2.75, 3.05) is 13.2 Å². The molecular weight excluding hydrogens is 264 g/mol. The molecule has 0 N–H and O–H groups in total. The topological polar surface area (TPSA) is 52.6 Å². The van der Waals surface area contributed by atoms with Gasteiger partial charge in [-0.1, -0.05) is 64.2 Å². The standard InChI is InChI=1S/C14H28O4S/c15-19(16)17-13-11-9-7-5-3-1-2-4-6-8-10-12-14-18-19/h1-14H2. The zero-order chi connectivity index (χ0) is 13.8. The van der Waals surface area contributed by atoms with Gasteiger partial charge in [0.15, 0.2) is 0 Å². The van der Waals surface area contributed by atoms with Crippen molar-refractivity contribution in [3.63, 3.8) is 0 Å². The molecule has 0 aliphatic carbocycles. The molecule has 0 atom stereocenters. The molecule has 0 radical (unpaired) electrons. The lowest BCUT2D eigenvalue weighted by Crippen LogP contribution is -2.12. The van der Waals surface area contributed by atoms with Crippen LogP contribution in [0.3, 0.4) is 0 Å². The van der Waals surface area contributed by atoms with Crippen molar-refractivity contribution in [2.24, 2.45) is 0 Å². The van der Waals surface area contributed by atoms with E-state index in [1.165, 1.54) is 51.4 Å². The summed E-state index contributed by atoms with van der Waals surface area (Å²) in [5.74, 6) is 0. The van der Waals surface area contributed by atoms with Gasteiger partial charge in [0.05, 0.1) is 13.2 Å². The van der Waals surface area contributed by atoms with E-state index in [0.29, 0.717) is 0 Å². The minimum atomic E-state index is -3.75. The first-order chi connectivity index (χ1) is 9.21. The van der Waals surface area contributed by atoms with E-state index in [1.54, 1.807) is 0 Å². The van der Waals surface area contributed by atoms with Crippen LogP contribution >= 0.6 is 0 Å². The molecule has 1 rings (SSSR count).